The van der Waals surface area contributed by atoms with E-state index in [9.17, 15) is 57.9 Å². The molecule has 39 heavy (non-hydrogen) atoms. The van der Waals surface area contributed by atoms with Gasteiger partial charge in [-0.25, -0.2) is 8.78 Å². The fourth-order valence-electron chi connectivity index (χ4n) is 3.13. The molecule has 1 unspecified atom stereocenters. The van der Waals surface area contributed by atoms with Crippen molar-refractivity contribution < 1.29 is 57.9 Å². The number of carbonyl (C=O) groups is 2. The smallest absolute Gasteiger partial charge is 0.345 e. The number of amides is 2. The molecule has 0 aliphatic rings. The number of carbonyl (C=O) groups excluding carboxylic acids is 2. The second-order valence-electron chi connectivity index (χ2n) is 7.99. The zero-order valence-corrected chi connectivity index (χ0v) is 20.0. The van der Waals surface area contributed by atoms with Gasteiger partial charge in [0.15, 0.2) is 0 Å². The molecular weight excluding hydrogens is 581 g/mol. The first-order valence-corrected chi connectivity index (χ1v) is 10.8. The van der Waals surface area contributed by atoms with Crippen molar-refractivity contribution in [2.45, 2.75) is 37.4 Å². The van der Waals surface area contributed by atoms with Crippen molar-refractivity contribution in [1.82, 2.24) is 10.6 Å². The van der Waals surface area contributed by atoms with Crippen LogP contribution < -0.4 is 10.6 Å². The minimum Gasteiger partial charge on any atom is -0.345 e. The lowest BCUT2D eigenvalue weighted by Gasteiger charge is -2.19. The lowest BCUT2D eigenvalue weighted by Crippen LogP contribution is -2.47. The van der Waals surface area contributed by atoms with Crippen LogP contribution in [0.3, 0.4) is 0 Å². The molecule has 16 heteroatoms. The van der Waals surface area contributed by atoms with Gasteiger partial charge >= 0.3 is 18.5 Å². The van der Waals surface area contributed by atoms with E-state index in [0.717, 1.165) is 19.1 Å². The van der Waals surface area contributed by atoms with Crippen molar-refractivity contribution in [2.75, 3.05) is 6.54 Å². The highest BCUT2D eigenvalue weighted by Gasteiger charge is 2.41. The molecule has 0 aromatic heterocycles. The highest BCUT2D eigenvalue weighted by molar-refractivity contribution is 6.30. The van der Waals surface area contributed by atoms with Crippen LogP contribution in [0, 0.1) is 5.82 Å². The Balaban J connectivity index is 2.42. The van der Waals surface area contributed by atoms with Crippen LogP contribution in [-0.2, 0) is 11.0 Å². The van der Waals surface area contributed by atoms with E-state index in [-0.39, 0.29) is 12.1 Å². The first kappa shape index (κ1) is 31.9. The molecule has 2 rings (SSSR count). The van der Waals surface area contributed by atoms with Gasteiger partial charge in [0.2, 0.25) is 5.91 Å². The molecule has 0 radical (unpaired) electrons. The van der Waals surface area contributed by atoms with Crippen LogP contribution in [-0.4, -0.2) is 36.8 Å². The Hall–Kier alpha value is -3.36. The van der Waals surface area contributed by atoms with Crippen LogP contribution in [0.25, 0.3) is 5.83 Å². The first-order chi connectivity index (χ1) is 17.7. The molecule has 0 bridgehead atoms. The van der Waals surface area contributed by atoms with Crippen molar-refractivity contribution in [3.63, 3.8) is 0 Å². The molecule has 2 aromatic rings. The van der Waals surface area contributed by atoms with Crippen LogP contribution in [0.1, 0.15) is 39.9 Å². The minimum atomic E-state index is -5.35. The lowest BCUT2D eigenvalue weighted by atomic mass is 9.95. The van der Waals surface area contributed by atoms with Gasteiger partial charge in [-0.15, -0.1) is 0 Å². The largest absolute Gasteiger partial charge is 0.417 e. The van der Waals surface area contributed by atoms with Gasteiger partial charge in [0.05, 0.1) is 16.1 Å². The van der Waals surface area contributed by atoms with Crippen molar-refractivity contribution in [1.29, 1.82) is 0 Å². The number of alkyl halides is 9. The predicted octanol–water partition coefficient (Wildman–Crippen LogP) is 6.95. The Kier molecular flexibility index (Phi) is 9.64. The highest BCUT2D eigenvalue weighted by Crippen LogP contribution is 2.40. The summed E-state index contributed by atoms with van der Waals surface area (Å²) in [6, 6.07) is 1.15. The van der Waals surface area contributed by atoms with Crippen LogP contribution in [0.15, 0.2) is 42.5 Å². The fourth-order valence-corrected chi connectivity index (χ4v) is 3.25. The number of halogens is 12. The van der Waals surface area contributed by atoms with E-state index in [1.54, 1.807) is 5.32 Å². The third-order valence-electron chi connectivity index (χ3n) is 5.02. The van der Waals surface area contributed by atoms with E-state index < -0.39 is 87.8 Å². The van der Waals surface area contributed by atoms with Gasteiger partial charge in [0.25, 0.3) is 5.91 Å². The summed E-state index contributed by atoms with van der Waals surface area (Å²) in [4.78, 5) is 24.0. The minimum absolute atomic E-state index is 0.0328. The van der Waals surface area contributed by atoms with E-state index in [2.05, 4.69) is 0 Å². The van der Waals surface area contributed by atoms with Gasteiger partial charge in [-0.2, -0.15) is 39.5 Å². The normalized spacial score (nSPS) is 14.5. The topological polar surface area (TPSA) is 58.2 Å². The molecule has 4 nitrogen and oxygen atoms in total. The quantitative estimate of drug-likeness (QED) is 0.340. The van der Waals surface area contributed by atoms with Crippen LogP contribution in [0.4, 0.5) is 48.3 Å². The van der Waals surface area contributed by atoms with Gasteiger partial charge in [0, 0.05) is 5.56 Å². The van der Waals surface area contributed by atoms with Crippen molar-refractivity contribution >= 4 is 29.2 Å². The number of allylic oxidation sites excluding steroid dienone is 1. The summed E-state index contributed by atoms with van der Waals surface area (Å²) in [5.41, 5.74) is -4.84. The fraction of sp³-hybridized carbons (Fsp3) is 0.304. The lowest BCUT2D eigenvalue weighted by molar-refractivity contribution is -0.140. The average Bonchev–Trinajstić information content (AvgIpc) is 2.80. The molecule has 2 atom stereocenters. The van der Waals surface area contributed by atoms with E-state index in [1.807, 2.05) is 0 Å². The standard InChI is InChI=1S/C23H16ClF11N2O2/c1-10(19(38)36-9-21(27,28)29)37-20(39)13-4-2-12(6-15(13)23(33,34)35)17(25)8-14(22(30,31)32)11-3-5-16(24)18(26)7-11/h2-8,10,14H,9H2,1H3,(H,36,38)(H,37,39)/b17-8-/t10-,14?/m1/s1. The SMILES string of the molecule is C[C@@H](NC(=O)c1ccc(/C(F)=C/C(c2ccc(Cl)c(F)c2)C(F)(F)F)cc1C(F)(F)F)C(=O)NCC(F)(F)F. The van der Waals surface area contributed by atoms with E-state index in [1.165, 1.54) is 5.32 Å². The van der Waals surface area contributed by atoms with Crippen molar-refractivity contribution in [3.8, 4) is 0 Å². The summed E-state index contributed by atoms with van der Waals surface area (Å²) in [5.74, 6) is -8.81. The summed E-state index contributed by atoms with van der Waals surface area (Å²) < 4.78 is 147. The second-order valence-corrected chi connectivity index (χ2v) is 8.40. The predicted molar refractivity (Wildman–Crippen MR) is 117 cm³/mol. The molecule has 0 aliphatic carbocycles. The van der Waals surface area contributed by atoms with Gasteiger partial charge < -0.3 is 10.6 Å². The van der Waals surface area contributed by atoms with Gasteiger partial charge in [0.1, 0.15) is 30.1 Å². The van der Waals surface area contributed by atoms with Crippen molar-refractivity contribution in [2.24, 2.45) is 0 Å². The molecule has 0 fully saturated rings. The Morgan fingerprint density at radius 1 is 0.974 bits per heavy atom. The molecule has 0 spiro atoms. The van der Waals surface area contributed by atoms with Gasteiger partial charge in [-0.1, -0.05) is 23.7 Å². The Morgan fingerprint density at radius 2 is 1.59 bits per heavy atom. The summed E-state index contributed by atoms with van der Waals surface area (Å²) in [7, 11) is 0. The Labute approximate surface area is 217 Å². The average molecular weight is 597 g/mol. The maximum Gasteiger partial charge on any atom is 0.417 e. The molecule has 0 saturated heterocycles. The second kappa shape index (κ2) is 11.8. The van der Waals surface area contributed by atoms with Crippen LogP contribution in [0.2, 0.25) is 5.02 Å². The van der Waals surface area contributed by atoms with E-state index in [0.29, 0.717) is 18.2 Å². The number of hydrogen-bond acceptors (Lipinski definition) is 2. The summed E-state index contributed by atoms with van der Waals surface area (Å²) >= 11 is 5.43. The van der Waals surface area contributed by atoms with Crippen LogP contribution >= 0.6 is 11.6 Å². The molecule has 2 aromatic carbocycles. The maximum absolute atomic E-state index is 14.8. The number of nitrogens with one attached hydrogen (secondary N) is 2. The summed E-state index contributed by atoms with van der Waals surface area (Å²) in [6.45, 7) is -0.897. The zero-order chi connectivity index (χ0) is 29.9. The maximum atomic E-state index is 14.8. The molecule has 2 N–H and O–H groups in total. The molecule has 0 heterocycles. The Bertz CT molecular complexity index is 1250. The summed E-state index contributed by atoms with van der Waals surface area (Å²) in [5, 5.41) is 2.65. The molecule has 214 valence electrons. The Morgan fingerprint density at radius 3 is 2.10 bits per heavy atom. The highest BCUT2D eigenvalue weighted by atomic mass is 35.5. The van der Waals surface area contributed by atoms with Crippen LogP contribution in [0.5, 0.6) is 0 Å². The third kappa shape index (κ3) is 8.83. The summed E-state index contributed by atoms with van der Waals surface area (Å²) in [6.07, 6.45) is -15.4. The third-order valence-corrected chi connectivity index (χ3v) is 5.32. The van der Waals surface area contributed by atoms with Gasteiger partial charge in [-0.3, -0.25) is 9.59 Å². The zero-order valence-electron chi connectivity index (χ0n) is 19.3. The molecule has 0 aliphatic heterocycles. The first-order valence-electron chi connectivity index (χ1n) is 10.5. The number of rotatable bonds is 7. The number of benzene rings is 2. The van der Waals surface area contributed by atoms with Crippen molar-refractivity contribution in [3.05, 3.63) is 75.6 Å². The number of hydrogen-bond donors (Lipinski definition) is 2. The van der Waals surface area contributed by atoms with E-state index in [4.69, 9.17) is 11.6 Å². The molecule has 2 amide bonds. The monoisotopic (exact) mass is 596 g/mol. The van der Waals surface area contributed by atoms with E-state index >= 15 is 0 Å². The van der Waals surface area contributed by atoms with Gasteiger partial charge in [-0.05, 0) is 42.8 Å². The molecule has 0 saturated carbocycles. The molecular formula is C23H16ClF11N2O2.